The van der Waals surface area contributed by atoms with Crippen molar-refractivity contribution < 1.29 is 18.7 Å². The van der Waals surface area contributed by atoms with Crippen LogP contribution in [0, 0.1) is 0 Å². The van der Waals surface area contributed by atoms with E-state index in [2.05, 4.69) is 0 Å². The molecule has 2 rings (SSSR count). The molecule has 0 amide bonds. The molecule has 0 N–H and O–H groups in total. The van der Waals surface area contributed by atoms with E-state index in [-0.39, 0.29) is 11.5 Å². The van der Waals surface area contributed by atoms with Gasteiger partial charge in [-0.25, -0.2) is 0 Å². The van der Waals surface area contributed by atoms with E-state index in [9.17, 15) is 4.79 Å². The van der Waals surface area contributed by atoms with Crippen LogP contribution in [-0.4, -0.2) is 20.0 Å². The number of hydrogen-bond donors (Lipinski definition) is 0. The topological polar surface area (TPSA) is 48.7 Å². The molecule has 1 heterocycles. The number of methoxy groups -OCH3 is 2. The monoisotopic (exact) mass is 220 g/mol. The maximum atomic E-state index is 11.4. The van der Waals surface area contributed by atoms with Crippen molar-refractivity contribution in [2.45, 2.75) is 6.92 Å². The molecule has 1 aliphatic heterocycles. The van der Waals surface area contributed by atoms with Gasteiger partial charge >= 0.3 is 0 Å². The lowest BCUT2D eigenvalue weighted by molar-refractivity contribution is 0.0971. The van der Waals surface area contributed by atoms with Crippen LogP contribution >= 0.6 is 0 Å². The average Bonchev–Trinajstić information content (AvgIpc) is 2.75. The molecule has 0 aromatic rings. The van der Waals surface area contributed by atoms with E-state index in [1.807, 2.05) is 18.2 Å². The van der Waals surface area contributed by atoms with Gasteiger partial charge < -0.3 is 13.9 Å². The molecule has 84 valence electrons. The van der Waals surface area contributed by atoms with Crippen LogP contribution in [-0.2, 0) is 0 Å². The number of rotatable bonds is 3. The molecular weight excluding hydrogens is 208 g/mol. The third-order valence-corrected chi connectivity index (χ3v) is 2.39. The molecule has 0 radical (unpaired) electrons. The highest BCUT2D eigenvalue weighted by Crippen LogP contribution is 2.42. The van der Waals surface area contributed by atoms with Crippen molar-refractivity contribution in [3.63, 3.8) is 0 Å². The number of fused-ring (bicyclic) bond motifs is 1. The lowest BCUT2D eigenvalue weighted by Crippen LogP contribution is -2.01. The van der Waals surface area contributed by atoms with Gasteiger partial charge in [0.05, 0.1) is 19.8 Å². The van der Waals surface area contributed by atoms with E-state index in [0.717, 1.165) is 11.1 Å². The molecule has 0 unspecified atom stereocenters. The minimum Gasteiger partial charge on any atom is -0.492 e. The first-order valence-electron chi connectivity index (χ1n) is 4.83. The zero-order valence-corrected chi connectivity index (χ0v) is 9.37. The minimum absolute atomic E-state index is 0.179. The smallest absolute Gasteiger partial charge is 0.293 e. The SMILES string of the molecule is COc1oc(C(C)=O)c(OC)c2cccc1-2. The Bertz CT molecular complexity index is 498. The fourth-order valence-corrected chi connectivity index (χ4v) is 1.70. The molecule has 0 bridgehead atoms. The molecule has 0 fully saturated rings. The molecule has 16 heavy (non-hydrogen) atoms. The largest absolute Gasteiger partial charge is 0.492 e. The molecule has 4 heteroatoms. The predicted molar refractivity (Wildman–Crippen MR) is 58.4 cm³/mol. The Morgan fingerprint density at radius 2 is 1.88 bits per heavy atom. The molecule has 2 aliphatic rings. The van der Waals surface area contributed by atoms with Crippen LogP contribution in [0.4, 0.5) is 0 Å². The van der Waals surface area contributed by atoms with Crippen molar-refractivity contribution in [1.29, 1.82) is 0 Å². The highest BCUT2D eigenvalue weighted by atomic mass is 16.6. The first-order chi connectivity index (χ1) is 7.69. The Balaban J connectivity index is 2.78. The number of ether oxygens (including phenoxy) is 2. The summed E-state index contributed by atoms with van der Waals surface area (Å²) in [5.41, 5.74) is 1.61. The van der Waals surface area contributed by atoms with Gasteiger partial charge in [0.1, 0.15) is 0 Å². The maximum absolute atomic E-state index is 11.4. The maximum Gasteiger partial charge on any atom is 0.293 e. The normalized spacial score (nSPS) is 10.4. The van der Waals surface area contributed by atoms with Crippen molar-refractivity contribution >= 4 is 5.78 Å². The average molecular weight is 220 g/mol. The summed E-state index contributed by atoms with van der Waals surface area (Å²) in [6, 6.07) is 5.57. The molecule has 0 saturated carbocycles. The standard InChI is InChI=1S/C12H12O4/c1-7(13)10-11(14-2)8-5-4-6-9(8)12(15-3)16-10/h4-6H,1-3H3. The van der Waals surface area contributed by atoms with Gasteiger partial charge in [0.15, 0.2) is 11.5 Å². The van der Waals surface area contributed by atoms with E-state index in [1.165, 1.54) is 21.1 Å². The zero-order valence-electron chi connectivity index (χ0n) is 9.37. The lowest BCUT2D eigenvalue weighted by Gasteiger charge is -2.13. The molecule has 0 saturated heterocycles. The Morgan fingerprint density at radius 1 is 1.19 bits per heavy atom. The van der Waals surface area contributed by atoms with Gasteiger partial charge in [0.25, 0.3) is 5.95 Å². The lowest BCUT2D eigenvalue weighted by atomic mass is 10.1. The highest BCUT2D eigenvalue weighted by molar-refractivity contribution is 5.97. The van der Waals surface area contributed by atoms with Gasteiger partial charge in [0.2, 0.25) is 5.76 Å². The van der Waals surface area contributed by atoms with Crippen LogP contribution in [0.3, 0.4) is 0 Å². The quantitative estimate of drug-likeness (QED) is 0.746. The van der Waals surface area contributed by atoms with E-state index in [4.69, 9.17) is 13.9 Å². The second-order valence-corrected chi connectivity index (χ2v) is 3.37. The Kier molecular flexibility index (Phi) is 2.56. The van der Waals surface area contributed by atoms with Crippen LogP contribution < -0.4 is 9.47 Å². The van der Waals surface area contributed by atoms with Crippen molar-refractivity contribution in [2.75, 3.05) is 14.2 Å². The van der Waals surface area contributed by atoms with Gasteiger partial charge in [-0.1, -0.05) is 12.1 Å². The molecule has 0 aromatic carbocycles. The van der Waals surface area contributed by atoms with Crippen LogP contribution in [0.2, 0.25) is 0 Å². The first kappa shape index (κ1) is 10.5. The highest BCUT2D eigenvalue weighted by Gasteiger charge is 2.23. The van der Waals surface area contributed by atoms with E-state index < -0.39 is 0 Å². The van der Waals surface area contributed by atoms with Gasteiger partial charge in [-0.05, 0) is 6.07 Å². The summed E-state index contributed by atoms with van der Waals surface area (Å²) in [7, 11) is 3.01. The van der Waals surface area contributed by atoms with E-state index in [1.54, 1.807) is 0 Å². The van der Waals surface area contributed by atoms with Crippen molar-refractivity contribution in [1.82, 2.24) is 0 Å². The zero-order chi connectivity index (χ0) is 11.7. The summed E-state index contributed by atoms with van der Waals surface area (Å²) < 4.78 is 15.7. The summed E-state index contributed by atoms with van der Waals surface area (Å²) in [6.07, 6.45) is 0. The molecule has 0 aromatic heterocycles. The summed E-state index contributed by atoms with van der Waals surface area (Å²) in [5.74, 6) is 0.760. The summed E-state index contributed by atoms with van der Waals surface area (Å²) in [5, 5.41) is 0. The first-order valence-corrected chi connectivity index (χ1v) is 4.83. The number of hydrogen-bond acceptors (Lipinski definition) is 4. The predicted octanol–water partition coefficient (Wildman–Crippen LogP) is 2.60. The second kappa shape index (κ2) is 3.89. The molecular formula is C12H12O4. The number of Topliss-reactive ketones (excluding diaryl/α,β-unsaturated/α-hetero) is 1. The summed E-state index contributed by atoms with van der Waals surface area (Å²) in [4.78, 5) is 11.4. The Labute approximate surface area is 93.1 Å². The number of carbonyl (C=O) groups is 1. The van der Waals surface area contributed by atoms with Crippen molar-refractivity contribution in [3.8, 4) is 22.8 Å². The van der Waals surface area contributed by atoms with Crippen LogP contribution in [0.1, 0.15) is 17.5 Å². The second-order valence-electron chi connectivity index (χ2n) is 3.37. The van der Waals surface area contributed by atoms with Gasteiger partial charge in [0, 0.05) is 12.5 Å². The number of carbonyl (C=O) groups excluding carboxylic acids is 1. The van der Waals surface area contributed by atoms with E-state index in [0.29, 0.717) is 11.7 Å². The van der Waals surface area contributed by atoms with Crippen LogP contribution in [0.5, 0.6) is 11.7 Å². The third-order valence-electron chi connectivity index (χ3n) is 2.39. The summed E-state index contributed by atoms with van der Waals surface area (Å²) in [6.45, 7) is 1.43. The van der Waals surface area contributed by atoms with Crippen LogP contribution in [0.25, 0.3) is 11.1 Å². The van der Waals surface area contributed by atoms with Crippen LogP contribution in [0.15, 0.2) is 22.6 Å². The fraction of sp³-hybridized carbons (Fsp3) is 0.250. The molecule has 1 aliphatic carbocycles. The fourth-order valence-electron chi connectivity index (χ4n) is 1.70. The Morgan fingerprint density at radius 3 is 2.44 bits per heavy atom. The third kappa shape index (κ3) is 1.43. The minimum atomic E-state index is -0.196. The molecule has 0 spiro atoms. The molecule has 0 atom stereocenters. The van der Waals surface area contributed by atoms with Gasteiger partial charge in [-0.15, -0.1) is 0 Å². The number of ketones is 1. The van der Waals surface area contributed by atoms with E-state index >= 15 is 0 Å². The van der Waals surface area contributed by atoms with Crippen molar-refractivity contribution in [2.24, 2.45) is 0 Å². The van der Waals surface area contributed by atoms with Gasteiger partial charge in [-0.3, -0.25) is 4.79 Å². The van der Waals surface area contributed by atoms with Crippen molar-refractivity contribution in [3.05, 3.63) is 24.0 Å². The van der Waals surface area contributed by atoms with Gasteiger partial charge in [-0.2, -0.15) is 0 Å². The summed E-state index contributed by atoms with van der Waals surface area (Å²) >= 11 is 0. The molecule has 4 nitrogen and oxygen atoms in total. The Hall–Kier alpha value is -1.97.